The van der Waals surface area contributed by atoms with Crippen LogP contribution < -0.4 is 0 Å². The third-order valence-corrected chi connectivity index (χ3v) is 2.85. The van der Waals surface area contributed by atoms with Crippen LogP contribution in [0.15, 0.2) is 24.3 Å². The maximum atomic E-state index is 7.67. The number of hydrogen-bond acceptors (Lipinski definition) is 0. The minimum absolute atomic E-state index is 0.140. The van der Waals surface area contributed by atoms with Gasteiger partial charge in [-0.05, 0) is 31.2 Å². The Morgan fingerprint density at radius 2 is 2.08 bits per heavy atom. The summed E-state index contributed by atoms with van der Waals surface area (Å²) < 4.78 is 22.3. The fraction of sp³-hybridized carbons (Fsp3) is 0.538. The zero-order valence-electron chi connectivity index (χ0n) is 10.9. The molecule has 0 heterocycles. The molecular weight excluding hydrogens is 156 g/mol. The zero-order valence-corrected chi connectivity index (χ0v) is 7.87. The van der Waals surface area contributed by atoms with Crippen molar-refractivity contribution in [1.29, 1.82) is 0 Å². The van der Waals surface area contributed by atoms with Gasteiger partial charge in [0.05, 0.1) is 0 Å². The first-order valence-corrected chi connectivity index (χ1v) is 5.03. The van der Waals surface area contributed by atoms with Crippen LogP contribution in [-0.2, 0) is 0 Å². The molecule has 0 N–H and O–H groups in total. The molecule has 70 valence electrons. The standard InChI is InChI=1S/C13H18/c1-11-7-9-13(10-8-11)12-5-3-2-4-6-12/h7-10,12H,2-6H2,1H3/i1TD,2D. The van der Waals surface area contributed by atoms with E-state index in [1.165, 1.54) is 5.56 Å². The third-order valence-electron chi connectivity index (χ3n) is 2.85. The van der Waals surface area contributed by atoms with Crippen molar-refractivity contribution < 1.29 is 4.11 Å². The van der Waals surface area contributed by atoms with Gasteiger partial charge >= 0.3 is 0 Å². The molecule has 1 fully saturated rings. The fourth-order valence-electron chi connectivity index (χ4n) is 2.03. The van der Waals surface area contributed by atoms with Crippen LogP contribution in [0.5, 0.6) is 0 Å². The van der Waals surface area contributed by atoms with Crippen LogP contribution in [0, 0.1) is 6.88 Å². The van der Waals surface area contributed by atoms with Crippen molar-refractivity contribution in [2.45, 2.75) is 44.9 Å². The lowest BCUT2D eigenvalue weighted by atomic mass is 9.84. The summed E-state index contributed by atoms with van der Waals surface area (Å²) in [7, 11) is 0. The first kappa shape index (κ1) is 5.85. The lowest BCUT2D eigenvalue weighted by Crippen LogP contribution is -2.04. The van der Waals surface area contributed by atoms with Gasteiger partial charge in [0.1, 0.15) is 0 Å². The Hall–Kier alpha value is -0.780. The van der Waals surface area contributed by atoms with Crippen LogP contribution in [0.2, 0.25) is 0 Å². The molecule has 0 radical (unpaired) electrons. The zero-order chi connectivity index (χ0) is 11.5. The summed E-state index contributed by atoms with van der Waals surface area (Å²) in [5.74, 6) is 0.588. The Kier molecular flexibility index (Phi) is 1.78. The van der Waals surface area contributed by atoms with Crippen LogP contribution in [0.3, 0.4) is 0 Å². The van der Waals surface area contributed by atoms with E-state index in [1.54, 1.807) is 0 Å². The first-order valence-electron chi connectivity index (χ1n) is 6.76. The molecule has 0 aromatic heterocycles. The van der Waals surface area contributed by atoms with E-state index >= 15 is 0 Å². The van der Waals surface area contributed by atoms with Crippen molar-refractivity contribution in [2.24, 2.45) is 0 Å². The lowest BCUT2D eigenvalue weighted by molar-refractivity contribution is 0.443. The highest BCUT2D eigenvalue weighted by Gasteiger charge is 2.14. The molecule has 1 atom stereocenters. The molecule has 0 bridgehead atoms. The number of hydrogen-bond donors (Lipinski definition) is 0. The fourth-order valence-corrected chi connectivity index (χ4v) is 2.03. The number of aryl methyl sites for hydroxylation is 1. The third kappa shape index (κ3) is 2.12. The quantitative estimate of drug-likeness (QED) is 0.608. The first-order chi connectivity index (χ1) is 7.66. The van der Waals surface area contributed by atoms with Gasteiger partial charge in [-0.25, -0.2) is 0 Å². The van der Waals surface area contributed by atoms with Crippen molar-refractivity contribution in [3.8, 4) is 0 Å². The average molecular weight is 178 g/mol. The summed E-state index contributed by atoms with van der Waals surface area (Å²) in [6, 6.07) is 7.90. The minimum atomic E-state index is -0.877. The topological polar surface area (TPSA) is 0 Å². The Bertz CT molecular complexity index is 324. The van der Waals surface area contributed by atoms with E-state index in [4.69, 9.17) is 4.11 Å². The highest BCUT2D eigenvalue weighted by molar-refractivity contribution is 5.24. The van der Waals surface area contributed by atoms with Crippen molar-refractivity contribution in [2.75, 3.05) is 0 Å². The monoisotopic (exact) mass is 178 g/mol. The molecule has 2 rings (SSSR count). The summed E-state index contributed by atoms with van der Waals surface area (Å²) in [4.78, 5) is 0. The van der Waals surface area contributed by atoms with Gasteiger partial charge in [-0.15, -0.1) is 0 Å². The molecule has 1 aromatic rings. The van der Waals surface area contributed by atoms with Gasteiger partial charge in [0.15, 0.2) is 0 Å². The van der Waals surface area contributed by atoms with Crippen molar-refractivity contribution in [1.82, 2.24) is 0 Å². The molecular formula is C13H18. The second-order valence-corrected chi connectivity index (χ2v) is 3.81. The van der Waals surface area contributed by atoms with Gasteiger partial charge in [-0.1, -0.05) is 49.1 Å². The van der Waals surface area contributed by atoms with Gasteiger partial charge in [0, 0.05) is 4.11 Å². The molecule has 1 saturated carbocycles. The second-order valence-electron chi connectivity index (χ2n) is 3.81. The Morgan fingerprint density at radius 3 is 2.69 bits per heavy atom. The average Bonchev–Trinajstić information content (AvgIpc) is 2.30. The molecule has 0 nitrogen and oxygen atoms in total. The van der Waals surface area contributed by atoms with Gasteiger partial charge in [0.2, 0.25) is 0 Å². The van der Waals surface area contributed by atoms with Crippen LogP contribution in [0.1, 0.15) is 53.2 Å². The van der Waals surface area contributed by atoms with Crippen molar-refractivity contribution >= 4 is 0 Å². The summed E-state index contributed by atoms with van der Waals surface area (Å²) in [6.07, 6.45) is 4.37. The summed E-state index contributed by atoms with van der Waals surface area (Å²) in [6.45, 7) is -0.877. The predicted molar refractivity (Wildman–Crippen MR) is 57.0 cm³/mol. The molecule has 0 amide bonds. The SMILES string of the molecule is [2H]C1CCC(c2ccc(C([2H])[3H])cc2)CC1. The molecule has 1 aliphatic carbocycles. The molecule has 1 unspecified atom stereocenters. The summed E-state index contributed by atoms with van der Waals surface area (Å²) in [5, 5.41) is 0. The highest BCUT2D eigenvalue weighted by Crippen LogP contribution is 2.32. The minimum Gasteiger partial charge on any atom is -0.0590 e. The van der Waals surface area contributed by atoms with Crippen molar-refractivity contribution in [3.63, 3.8) is 0 Å². The van der Waals surface area contributed by atoms with Crippen LogP contribution in [0.4, 0.5) is 0 Å². The van der Waals surface area contributed by atoms with E-state index in [1.807, 2.05) is 12.1 Å². The molecule has 0 heteroatoms. The highest BCUT2D eigenvalue weighted by atomic mass is 14.2. The van der Waals surface area contributed by atoms with E-state index in [0.717, 1.165) is 31.2 Å². The number of rotatable bonds is 1. The van der Waals surface area contributed by atoms with Crippen LogP contribution in [-0.4, -0.2) is 0 Å². The van der Waals surface area contributed by atoms with Gasteiger partial charge in [-0.2, -0.15) is 0 Å². The molecule has 13 heavy (non-hydrogen) atoms. The summed E-state index contributed by atoms with van der Waals surface area (Å²) >= 11 is 0. The van der Waals surface area contributed by atoms with E-state index < -0.39 is 6.88 Å². The van der Waals surface area contributed by atoms with Crippen LogP contribution in [0.25, 0.3) is 0 Å². The molecule has 0 aliphatic heterocycles. The smallest absolute Gasteiger partial charge is 0.0280 e. The molecule has 1 aromatic carbocycles. The predicted octanol–water partition coefficient (Wildman–Crippen LogP) is 4.04. The van der Waals surface area contributed by atoms with E-state index in [9.17, 15) is 0 Å². The maximum Gasteiger partial charge on any atom is 0.0280 e. The summed E-state index contributed by atoms with van der Waals surface area (Å²) in [5.41, 5.74) is 2.08. The van der Waals surface area contributed by atoms with E-state index in [-0.39, 0.29) is 6.40 Å². The van der Waals surface area contributed by atoms with Gasteiger partial charge in [-0.3, -0.25) is 0 Å². The normalized spacial score (nSPS) is 34.3. The van der Waals surface area contributed by atoms with Crippen molar-refractivity contribution in [3.05, 3.63) is 35.4 Å². The molecule has 0 spiro atoms. The second kappa shape index (κ2) is 3.95. The van der Waals surface area contributed by atoms with E-state index in [2.05, 4.69) is 12.1 Å². The van der Waals surface area contributed by atoms with Gasteiger partial charge in [0.25, 0.3) is 0 Å². The number of benzene rings is 1. The Balaban J connectivity index is 2.04. The lowest BCUT2D eigenvalue weighted by Gasteiger charge is -2.21. The Morgan fingerprint density at radius 1 is 1.38 bits per heavy atom. The maximum absolute atomic E-state index is 7.67. The van der Waals surface area contributed by atoms with Crippen LogP contribution >= 0.6 is 0 Å². The largest absolute Gasteiger partial charge is 0.0590 e. The molecule has 1 aliphatic rings. The van der Waals surface area contributed by atoms with Gasteiger partial charge < -0.3 is 0 Å². The molecule has 0 saturated heterocycles. The van der Waals surface area contributed by atoms with E-state index in [0.29, 0.717) is 5.92 Å². The Labute approximate surface area is 85.2 Å².